The van der Waals surface area contributed by atoms with Crippen molar-refractivity contribution in [2.24, 2.45) is 0 Å². The van der Waals surface area contributed by atoms with Crippen molar-refractivity contribution in [1.29, 1.82) is 0 Å². The van der Waals surface area contributed by atoms with Crippen molar-refractivity contribution in [3.63, 3.8) is 0 Å². The van der Waals surface area contributed by atoms with Crippen LogP contribution in [0.15, 0.2) is 48.8 Å². The predicted molar refractivity (Wildman–Crippen MR) is 105 cm³/mol. The molecule has 0 aliphatic carbocycles. The average molecular weight is 419 g/mol. The molecule has 7 nitrogen and oxygen atoms in total. The van der Waals surface area contributed by atoms with Crippen LogP contribution < -0.4 is 15.4 Å². The van der Waals surface area contributed by atoms with Crippen LogP contribution in [0.1, 0.15) is 28.8 Å². The van der Waals surface area contributed by atoms with Gasteiger partial charge in [-0.05, 0) is 55.8 Å². The van der Waals surface area contributed by atoms with Crippen LogP contribution in [0.2, 0.25) is 0 Å². The van der Waals surface area contributed by atoms with E-state index in [-0.39, 0.29) is 5.75 Å². The van der Waals surface area contributed by atoms with Crippen molar-refractivity contribution in [3.05, 3.63) is 65.9 Å². The molecule has 0 radical (unpaired) electrons. The van der Waals surface area contributed by atoms with E-state index in [4.69, 9.17) is 0 Å². The van der Waals surface area contributed by atoms with Crippen molar-refractivity contribution in [1.82, 2.24) is 14.5 Å². The molecule has 0 unspecified atom stereocenters. The third-order valence-electron chi connectivity index (χ3n) is 4.24. The summed E-state index contributed by atoms with van der Waals surface area (Å²) in [6, 6.07) is 8.63. The molecule has 0 saturated heterocycles. The van der Waals surface area contributed by atoms with Crippen molar-refractivity contribution in [2.75, 3.05) is 10.6 Å². The number of carbonyl (C=O) groups excluding carboxylic acids is 1. The lowest BCUT2D eigenvalue weighted by Crippen LogP contribution is -2.19. The zero-order valence-corrected chi connectivity index (χ0v) is 16.3. The van der Waals surface area contributed by atoms with Gasteiger partial charge in [0.2, 0.25) is 0 Å². The van der Waals surface area contributed by atoms with Gasteiger partial charge in [0.25, 0.3) is 5.91 Å². The minimum atomic E-state index is -4.77. The van der Waals surface area contributed by atoms with Gasteiger partial charge in [-0.1, -0.05) is 0 Å². The van der Waals surface area contributed by atoms with Gasteiger partial charge in [-0.2, -0.15) is 0 Å². The molecular weight excluding hydrogens is 399 g/mol. The standard InChI is InChI=1S/C20H20F3N5O2/c1-3-28-13(2)26-18(25-12-14-8-10-24-11-9-14)17(28)19(29)27-15-4-6-16(7-5-15)30-20(21,22)23/h4-11,25H,3,12H2,1-2H3,(H,27,29). The first kappa shape index (κ1) is 21.2. The molecule has 0 atom stereocenters. The fourth-order valence-electron chi connectivity index (χ4n) is 2.92. The number of amides is 1. The molecular formula is C20H20F3N5O2. The fourth-order valence-corrected chi connectivity index (χ4v) is 2.92. The zero-order chi connectivity index (χ0) is 21.7. The molecule has 3 rings (SSSR count). The number of rotatable bonds is 7. The normalized spacial score (nSPS) is 11.2. The molecule has 0 spiro atoms. The van der Waals surface area contributed by atoms with Gasteiger partial charge in [0.1, 0.15) is 11.6 Å². The van der Waals surface area contributed by atoms with Crippen LogP contribution in [0.3, 0.4) is 0 Å². The lowest BCUT2D eigenvalue weighted by atomic mass is 10.2. The first-order valence-corrected chi connectivity index (χ1v) is 9.14. The van der Waals surface area contributed by atoms with Gasteiger partial charge in [-0.25, -0.2) is 4.98 Å². The molecule has 0 fully saturated rings. The Morgan fingerprint density at radius 3 is 2.40 bits per heavy atom. The predicted octanol–water partition coefficient (Wildman–Crippen LogP) is 4.37. The Kier molecular flexibility index (Phi) is 6.24. The van der Waals surface area contributed by atoms with Gasteiger partial charge in [0, 0.05) is 31.2 Å². The number of hydrogen-bond donors (Lipinski definition) is 2. The lowest BCUT2D eigenvalue weighted by molar-refractivity contribution is -0.274. The summed E-state index contributed by atoms with van der Waals surface area (Å²) in [5.74, 6) is 0.281. The maximum atomic E-state index is 12.9. The average Bonchev–Trinajstić information content (AvgIpc) is 3.03. The van der Waals surface area contributed by atoms with E-state index < -0.39 is 12.3 Å². The summed E-state index contributed by atoms with van der Waals surface area (Å²) in [5.41, 5.74) is 1.64. The number of aryl methyl sites for hydroxylation is 1. The fraction of sp³-hybridized carbons (Fsp3) is 0.250. The van der Waals surface area contributed by atoms with Crippen molar-refractivity contribution in [3.8, 4) is 5.75 Å². The van der Waals surface area contributed by atoms with E-state index >= 15 is 0 Å². The largest absolute Gasteiger partial charge is 0.573 e. The molecule has 158 valence electrons. The van der Waals surface area contributed by atoms with E-state index in [0.29, 0.717) is 36.1 Å². The highest BCUT2D eigenvalue weighted by Gasteiger charge is 2.31. The van der Waals surface area contributed by atoms with Crippen molar-refractivity contribution < 1.29 is 22.7 Å². The molecule has 0 aliphatic heterocycles. The van der Waals surface area contributed by atoms with Gasteiger partial charge >= 0.3 is 6.36 Å². The van der Waals surface area contributed by atoms with E-state index in [0.717, 1.165) is 17.7 Å². The highest BCUT2D eigenvalue weighted by atomic mass is 19.4. The van der Waals surface area contributed by atoms with Gasteiger partial charge < -0.3 is 19.9 Å². The number of nitrogens with one attached hydrogen (secondary N) is 2. The Bertz CT molecular complexity index is 1000. The van der Waals surface area contributed by atoms with Gasteiger partial charge in [-0.15, -0.1) is 13.2 Å². The second kappa shape index (κ2) is 8.85. The molecule has 0 aliphatic rings. The summed E-state index contributed by atoms with van der Waals surface area (Å²) in [4.78, 5) is 21.3. The summed E-state index contributed by atoms with van der Waals surface area (Å²) >= 11 is 0. The molecule has 2 aromatic heterocycles. The quantitative estimate of drug-likeness (QED) is 0.594. The monoisotopic (exact) mass is 419 g/mol. The Hall–Kier alpha value is -3.56. The Morgan fingerprint density at radius 1 is 1.13 bits per heavy atom. The van der Waals surface area contributed by atoms with Crippen LogP contribution in [-0.2, 0) is 13.1 Å². The first-order valence-electron chi connectivity index (χ1n) is 9.14. The third-order valence-corrected chi connectivity index (χ3v) is 4.24. The van der Waals surface area contributed by atoms with Crippen LogP contribution >= 0.6 is 0 Å². The number of imidazole rings is 1. The smallest absolute Gasteiger partial charge is 0.406 e. The zero-order valence-electron chi connectivity index (χ0n) is 16.3. The van der Waals surface area contributed by atoms with Crippen molar-refractivity contribution in [2.45, 2.75) is 33.3 Å². The molecule has 1 aromatic carbocycles. The van der Waals surface area contributed by atoms with Crippen LogP contribution in [0.5, 0.6) is 5.75 Å². The van der Waals surface area contributed by atoms with Crippen LogP contribution in [0.25, 0.3) is 0 Å². The summed E-state index contributed by atoms with van der Waals surface area (Å²) in [6.07, 6.45) is -1.43. The molecule has 3 aromatic rings. The summed E-state index contributed by atoms with van der Waals surface area (Å²) in [6.45, 7) is 4.66. The number of hydrogen-bond acceptors (Lipinski definition) is 5. The second-order valence-electron chi connectivity index (χ2n) is 6.34. The Morgan fingerprint density at radius 2 is 1.80 bits per heavy atom. The van der Waals surface area contributed by atoms with Crippen molar-refractivity contribution >= 4 is 17.4 Å². The van der Waals surface area contributed by atoms with E-state index in [2.05, 4.69) is 25.3 Å². The number of pyridine rings is 1. The molecule has 0 saturated carbocycles. The van der Waals surface area contributed by atoms with E-state index in [1.807, 2.05) is 19.1 Å². The number of halogens is 3. The summed E-state index contributed by atoms with van der Waals surface area (Å²) in [5, 5.41) is 5.85. The maximum Gasteiger partial charge on any atom is 0.573 e. The maximum absolute atomic E-state index is 12.9. The number of alkyl halides is 3. The number of nitrogens with zero attached hydrogens (tertiary/aromatic N) is 3. The highest BCUT2D eigenvalue weighted by Crippen LogP contribution is 2.25. The molecule has 0 bridgehead atoms. The first-order chi connectivity index (χ1) is 14.3. The number of anilines is 2. The molecule has 1 amide bonds. The topological polar surface area (TPSA) is 81.1 Å². The molecule has 2 heterocycles. The second-order valence-corrected chi connectivity index (χ2v) is 6.34. The molecule has 10 heteroatoms. The minimum Gasteiger partial charge on any atom is -0.406 e. The van der Waals surface area contributed by atoms with Crippen LogP contribution in [-0.4, -0.2) is 26.8 Å². The Labute approximate surface area is 170 Å². The molecule has 2 N–H and O–H groups in total. The van der Waals surface area contributed by atoms with E-state index in [1.54, 1.807) is 23.9 Å². The highest BCUT2D eigenvalue weighted by molar-refractivity contribution is 6.06. The number of carbonyl (C=O) groups is 1. The van der Waals surface area contributed by atoms with Crippen LogP contribution in [0, 0.1) is 6.92 Å². The third kappa shape index (κ3) is 5.28. The SMILES string of the molecule is CCn1c(C)nc(NCc2ccncc2)c1C(=O)Nc1ccc(OC(F)(F)F)cc1. The number of aromatic nitrogens is 3. The molecule has 30 heavy (non-hydrogen) atoms. The summed E-state index contributed by atoms with van der Waals surface area (Å²) < 4.78 is 42.5. The van der Waals surface area contributed by atoms with Gasteiger partial charge in [-0.3, -0.25) is 9.78 Å². The number of ether oxygens (including phenoxy) is 1. The van der Waals surface area contributed by atoms with Gasteiger partial charge in [0.05, 0.1) is 0 Å². The lowest BCUT2D eigenvalue weighted by Gasteiger charge is -2.12. The van der Waals surface area contributed by atoms with E-state index in [9.17, 15) is 18.0 Å². The minimum absolute atomic E-state index is 0.330. The summed E-state index contributed by atoms with van der Waals surface area (Å²) in [7, 11) is 0. The van der Waals surface area contributed by atoms with Crippen LogP contribution in [0.4, 0.5) is 24.7 Å². The van der Waals surface area contributed by atoms with E-state index in [1.165, 1.54) is 12.1 Å². The number of benzene rings is 1. The van der Waals surface area contributed by atoms with Gasteiger partial charge in [0.15, 0.2) is 11.5 Å². The Balaban J connectivity index is 1.77.